The van der Waals surface area contributed by atoms with E-state index in [2.05, 4.69) is 56.9 Å². The Balaban J connectivity index is 1.36. The molecule has 1 amide bonds. The Morgan fingerprint density at radius 2 is 1.74 bits per heavy atom. The van der Waals surface area contributed by atoms with E-state index >= 15 is 0 Å². The molecule has 0 bridgehead atoms. The van der Waals surface area contributed by atoms with Gasteiger partial charge in [0.15, 0.2) is 5.96 Å². The Hall–Kier alpha value is -3.02. The SMILES string of the molecule is CN=C(NCCc1ccc(N(C)C)cc1)NCC1CC(=O)N(CCc2ccccc2)C1. The fourth-order valence-corrected chi connectivity index (χ4v) is 3.86. The minimum Gasteiger partial charge on any atom is -0.378 e. The quantitative estimate of drug-likeness (QED) is 0.483. The van der Waals surface area contributed by atoms with Gasteiger partial charge in [-0.1, -0.05) is 42.5 Å². The first-order valence-electron chi connectivity index (χ1n) is 11.1. The Bertz CT molecular complexity index is 848. The van der Waals surface area contributed by atoms with Crippen molar-refractivity contribution in [2.45, 2.75) is 19.3 Å². The molecule has 1 aliphatic heterocycles. The van der Waals surface area contributed by atoms with Gasteiger partial charge in [-0.05, 0) is 36.1 Å². The summed E-state index contributed by atoms with van der Waals surface area (Å²) in [5.74, 6) is 1.37. The van der Waals surface area contributed by atoms with Crippen molar-refractivity contribution < 1.29 is 4.79 Å². The van der Waals surface area contributed by atoms with Gasteiger partial charge in [0.25, 0.3) is 0 Å². The van der Waals surface area contributed by atoms with Gasteiger partial charge in [-0.15, -0.1) is 0 Å². The zero-order chi connectivity index (χ0) is 22.1. The molecular weight excluding hydrogens is 386 g/mol. The van der Waals surface area contributed by atoms with Gasteiger partial charge in [0.2, 0.25) is 5.91 Å². The summed E-state index contributed by atoms with van der Waals surface area (Å²) in [5.41, 5.74) is 3.78. The van der Waals surface area contributed by atoms with Crippen molar-refractivity contribution >= 4 is 17.6 Å². The summed E-state index contributed by atoms with van der Waals surface area (Å²) in [7, 11) is 5.88. The zero-order valence-electron chi connectivity index (χ0n) is 19.0. The first kappa shape index (κ1) is 22.7. The van der Waals surface area contributed by atoms with E-state index in [9.17, 15) is 4.79 Å². The highest BCUT2D eigenvalue weighted by atomic mass is 16.2. The maximum atomic E-state index is 12.4. The van der Waals surface area contributed by atoms with Crippen molar-refractivity contribution in [3.63, 3.8) is 0 Å². The van der Waals surface area contributed by atoms with Crippen LogP contribution in [0.25, 0.3) is 0 Å². The number of aliphatic imine (C=N–C) groups is 1. The van der Waals surface area contributed by atoms with E-state index in [0.717, 1.165) is 45.0 Å². The number of rotatable bonds is 9. The van der Waals surface area contributed by atoms with Crippen LogP contribution in [0.5, 0.6) is 0 Å². The molecule has 0 radical (unpaired) electrons. The number of hydrogen-bond donors (Lipinski definition) is 2. The summed E-state index contributed by atoms with van der Waals surface area (Å²) >= 11 is 0. The summed E-state index contributed by atoms with van der Waals surface area (Å²) in [6.07, 6.45) is 2.45. The molecule has 1 atom stereocenters. The van der Waals surface area contributed by atoms with Crippen molar-refractivity contribution in [2.24, 2.45) is 10.9 Å². The molecule has 166 valence electrons. The van der Waals surface area contributed by atoms with Crippen molar-refractivity contribution in [1.82, 2.24) is 15.5 Å². The number of nitrogens with zero attached hydrogens (tertiary/aromatic N) is 3. The van der Waals surface area contributed by atoms with Crippen LogP contribution in [0.2, 0.25) is 0 Å². The lowest BCUT2D eigenvalue weighted by Crippen LogP contribution is -2.41. The standard InChI is InChI=1S/C25H35N5O/c1-26-25(27-15-13-21-9-11-23(12-10-21)29(2)3)28-18-22-17-24(31)30(19-22)16-14-20-7-5-4-6-8-20/h4-12,22H,13-19H2,1-3H3,(H2,26,27,28). The Kier molecular flexibility index (Phi) is 8.33. The molecule has 0 aliphatic carbocycles. The van der Waals surface area contributed by atoms with Gasteiger partial charge in [-0.25, -0.2) is 0 Å². The fourth-order valence-electron chi connectivity index (χ4n) is 3.86. The second-order valence-electron chi connectivity index (χ2n) is 8.34. The van der Waals surface area contributed by atoms with Gasteiger partial charge in [0.05, 0.1) is 0 Å². The first-order valence-corrected chi connectivity index (χ1v) is 11.1. The molecule has 0 aromatic heterocycles. The second kappa shape index (κ2) is 11.4. The zero-order valence-corrected chi connectivity index (χ0v) is 19.0. The Labute approximate surface area is 186 Å². The van der Waals surface area contributed by atoms with Gasteiger partial charge in [-0.2, -0.15) is 0 Å². The van der Waals surface area contributed by atoms with Crippen LogP contribution in [-0.2, 0) is 17.6 Å². The van der Waals surface area contributed by atoms with Gasteiger partial charge >= 0.3 is 0 Å². The number of anilines is 1. The molecule has 1 fully saturated rings. The largest absolute Gasteiger partial charge is 0.378 e. The van der Waals surface area contributed by atoms with Crippen molar-refractivity contribution in [2.75, 3.05) is 52.2 Å². The fraction of sp³-hybridized carbons (Fsp3) is 0.440. The number of carbonyl (C=O) groups is 1. The van der Waals surface area contributed by atoms with Crippen LogP contribution >= 0.6 is 0 Å². The van der Waals surface area contributed by atoms with Crippen LogP contribution in [0.3, 0.4) is 0 Å². The summed E-state index contributed by atoms with van der Waals surface area (Å²) in [6, 6.07) is 19.0. The molecule has 6 heteroatoms. The molecule has 1 saturated heterocycles. The molecule has 31 heavy (non-hydrogen) atoms. The van der Waals surface area contributed by atoms with Gasteiger partial charge in [0.1, 0.15) is 0 Å². The van der Waals surface area contributed by atoms with E-state index in [4.69, 9.17) is 0 Å². The number of likely N-dealkylation sites (tertiary alicyclic amines) is 1. The Morgan fingerprint density at radius 1 is 1.03 bits per heavy atom. The first-order chi connectivity index (χ1) is 15.0. The van der Waals surface area contributed by atoms with Crippen molar-refractivity contribution in [3.8, 4) is 0 Å². The maximum Gasteiger partial charge on any atom is 0.223 e. The highest BCUT2D eigenvalue weighted by molar-refractivity contribution is 5.80. The average molecular weight is 422 g/mol. The number of hydrogen-bond acceptors (Lipinski definition) is 3. The Morgan fingerprint density at radius 3 is 2.42 bits per heavy atom. The molecule has 3 rings (SSSR count). The predicted octanol–water partition coefficient (Wildman–Crippen LogP) is 2.55. The summed E-state index contributed by atoms with van der Waals surface area (Å²) in [6.45, 7) is 3.17. The number of amides is 1. The predicted molar refractivity (Wildman–Crippen MR) is 129 cm³/mol. The summed E-state index contributed by atoms with van der Waals surface area (Å²) in [5, 5.41) is 6.77. The van der Waals surface area contributed by atoms with Crippen LogP contribution in [-0.4, -0.2) is 64.1 Å². The van der Waals surface area contributed by atoms with Gasteiger partial charge in [-0.3, -0.25) is 9.79 Å². The lowest BCUT2D eigenvalue weighted by atomic mass is 10.1. The third-order valence-corrected chi connectivity index (χ3v) is 5.75. The van der Waals surface area contributed by atoms with Crippen LogP contribution in [0.1, 0.15) is 17.5 Å². The van der Waals surface area contributed by atoms with E-state index in [-0.39, 0.29) is 5.91 Å². The third kappa shape index (κ3) is 7.02. The number of guanidine groups is 1. The minimum absolute atomic E-state index is 0.256. The lowest BCUT2D eigenvalue weighted by molar-refractivity contribution is -0.127. The van der Waals surface area contributed by atoms with E-state index in [0.29, 0.717) is 12.3 Å². The van der Waals surface area contributed by atoms with Crippen molar-refractivity contribution in [3.05, 3.63) is 65.7 Å². The highest BCUT2D eigenvalue weighted by Gasteiger charge is 2.29. The number of carbonyl (C=O) groups excluding carboxylic acids is 1. The maximum absolute atomic E-state index is 12.4. The van der Waals surface area contributed by atoms with E-state index in [1.54, 1.807) is 7.05 Å². The molecule has 1 heterocycles. The number of benzene rings is 2. The van der Waals surface area contributed by atoms with Crippen LogP contribution in [0, 0.1) is 5.92 Å². The summed E-state index contributed by atoms with van der Waals surface area (Å²) in [4.78, 5) is 20.8. The van der Waals surface area contributed by atoms with Gasteiger partial charge < -0.3 is 20.4 Å². The lowest BCUT2D eigenvalue weighted by Gasteiger charge is -2.18. The van der Waals surface area contributed by atoms with E-state index in [1.807, 2.05) is 37.2 Å². The monoisotopic (exact) mass is 421 g/mol. The molecule has 0 saturated carbocycles. The molecule has 1 unspecified atom stereocenters. The van der Waals surface area contributed by atoms with Crippen LogP contribution in [0.15, 0.2) is 59.6 Å². The molecule has 2 N–H and O–H groups in total. The average Bonchev–Trinajstić information content (AvgIpc) is 3.15. The third-order valence-electron chi connectivity index (χ3n) is 5.75. The van der Waals surface area contributed by atoms with Crippen molar-refractivity contribution in [1.29, 1.82) is 0 Å². The van der Waals surface area contributed by atoms with E-state index < -0.39 is 0 Å². The molecule has 0 spiro atoms. The smallest absolute Gasteiger partial charge is 0.223 e. The normalized spacial score (nSPS) is 16.5. The molecule has 6 nitrogen and oxygen atoms in total. The van der Waals surface area contributed by atoms with Crippen LogP contribution < -0.4 is 15.5 Å². The molecule has 2 aromatic rings. The topological polar surface area (TPSA) is 60.0 Å². The summed E-state index contributed by atoms with van der Waals surface area (Å²) < 4.78 is 0. The minimum atomic E-state index is 0.256. The number of nitrogens with one attached hydrogen (secondary N) is 2. The highest BCUT2D eigenvalue weighted by Crippen LogP contribution is 2.17. The molecular formula is C25H35N5O. The van der Waals surface area contributed by atoms with Gasteiger partial charge in [0, 0.05) is 65.3 Å². The molecule has 2 aromatic carbocycles. The second-order valence-corrected chi connectivity index (χ2v) is 8.34. The molecule has 1 aliphatic rings. The van der Waals surface area contributed by atoms with Crippen LogP contribution in [0.4, 0.5) is 5.69 Å². The van der Waals surface area contributed by atoms with E-state index in [1.165, 1.54) is 16.8 Å².